The Balaban J connectivity index is 2.29. The Kier molecular flexibility index (Phi) is 15.3. The Bertz CT molecular complexity index is 661. The number of benzene rings is 1. The van der Waals surface area contributed by atoms with Gasteiger partial charge >= 0.3 is 0 Å². The summed E-state index contributed by atoms with van der Waals surface area (Å²) < 4.78 is 0. The first-order valence-corrected chi connectivity index (χ1v) is 11.6. The van der Waals surface area contributed by atoms with Crippen LogP contribution in [0.1, 0.15) is 76.3 Å². The van der Waals surface area contributed by atoms with E-state index in [9.17, 15) is 4.79 Å². The van der Waals surface area contributed by atoms with Crippen LogP contribution >= 0.6 is 0 Å². The lowest BCUT2D eigenvalue weighted by Gasteiger charge is -2.11. The predicted octanol–water partition coefficient (Wildman–Crippen LogP) is 6.08. The molecule has 0 spiro atoms. The molecule has 0 aliphatic heterocycles. The van der Waals surface area contributed by atoms with Gasteiger partial charge in [0.2, 0.25) is 5.91 Å². The van der Waals surface area contributed by atoms with Crippen molar-refractivity contribution in [3.63, 3.8) is 0 Å². The van der Waals surface area contributed by atoms with Crippen LogP contribution < -0.4 is 5.32 Å². The number of aryl methyl sites for hydroxylation is 1. The number of hydrogen-bond acceptors (Lipinski definition) is 2. The Morgan fingerprint density at radius 1 is 0.967 bits per heavy atom. The largest absolute Gasteiger partial charge is 0.394 e. The van der Waals surface area contributed by atoms with Crippen molar-refractivity contribution in [2.24, 2.45) is 0 Å². The molecule has 0 unspecified atom stereocenters. The molecule has 2 N–H and O–H groups in total. The zero-order valence-corrected chi connectivity index (χ0v) is 19.0. The fraction of sp³-hybridized carbons (Fsp3) is 0.519. The van der Waals surface area contributed by atoms with Crippen LogP contribution in [0.5, 0.6) is 0 Å². The Morgan fingerprint density at radius 2 is 1.63 bits per heavy atom. The van der Waals surface area contributed by atoms with Crippen molar-refractivity contribution in [2.75, 3.05) is 6.61 Å². The van der Waals surface area contributed by atoms with Crippen LogP contribution in [0.4, 0.5) is 0 Å². The standard InChI is InChI=1S/C27H41NO2/c1-3-4-5-6-7-8-9-10-11-12-13-14-18-25-19-15-16-20-26(25)21-17-22-27(30)28-24(2)23-29/h7-8,10-11,13-16,19-20,24,29H,3-6,9,12,17-18,21-23H2,1-2H3,(H,28,30)/b8-7-,11-10-,14-13-/t24-/m1/s1. The minimum Gasteiger partial charge on any atom is -0.394 e. The molecule has 1 atom stereocenters. The monoisotopic (exact) mass is 411 g/mol. The number of rotatable bonds is 16. The molecule has 1 amide bonds. The molecular formula is C27H41NO2. The number of unbranched alkanes of at least 4 members (excludes halogenated alkanes) is 3. The minimum absolute atomic E-state index is 0.0107. The van der Waals surface area contributed by atoms with Crippen LogP contribution in [0.3, 0.4) is 0 Å². The topological polar surface area (TPSA) is 49.3 Å². The Labute approximate surface area is 184 Å². The quantitative estimate of drug-likeness (QED) is 0.256. The molecule has 1 rings (SSSR count). The van der Waals surface area contributed by atoms with E-state index in [1.807, 2.05) is 0 Å². The minimum atomic E-state index is -0.175. The van der Waals surface area contributed by atoms with Crippen LogP contribution in [0.25, 0.3) is 0 Å². The van der Waals surface area contributed by atoms with E-state index in [4.69, 9.17) is 5.11 Å². The summed E-state index contributed by atoms with van der Waals surface area (Å²) in [5.41, 5.74) is 2.64. The summed E-state index contributed by atoms with van der Waals surface area (Å²) >= 11 is 0. The molecule has 0 fully saturated rings. The van der Waals surface area contributed by atoms with Gasteiger partial charge in [0.25, 0.3) is 0 Å². The van der Waals surface area contributed by atoms with Gasteiger partial charge in [-0.25, -0.2) is 0 Å². The third-order valence-electron chi connectivity index (χ3n) is 5.01. The maximum atomic E-state index is 11.8. The first kappa shape index (κ1) is 25.9. The molecule has 0 saturated carbocycles. The van der Waals surface area contributed by atoms with Gasteiger partial charge in [-0.3, -0.25) is 4.79 Å². The summed E-state index contributed by atoms with van der Waals surface area (Å²) in [7, 11) is 0. The van der Waals surface area contributed by atoms with Gasteiger partial charge < -0.3 is 10.4 Å². The van der Waals surface area contributed by atoms with E-state index in [-0.39, 0.29) is 18.6 Å². The summed E-state index contributed by atoms with van der Waals surface area (Å²) in [6, 6.07) is 8.30. The van der Waals surface area contributed by atoms with E-state index in [0.29, 0.717) is 6.42 Å². The van der Waals surface area contributed by atoms with Crippen LogP contribution in [0.15, 0.2) is 60.7 Å². The lowest BCUT2D eigenvalue weighted by molar-refractivity contribution is -0.122. The molecule has 3 nitrogen and oxygen atoms in total. The molecule has 166 valence electrons. The number of aliphatic hydroxyl groups excluding tert-OH is 1. The normalized spacial score (nSPS) is 12.9. The molecule has 0 heterocycles. The van der Waals surface area contributed by atoms with Crippen molar-refractivity contribution >= 4 is 5.91 Å². The maximum Gasteiger partial charge on any atom is 0.220 e. The van der Waals surface area contributed by atoms with Crippen molar-refractivity contribution in [1.82, 2.24) is 5.32 Å². The molecule has 0 bridgehead atoms. The SMILES string of the molecule is CCCCC/C=C\C/C=C\C/C=C\Cc1ccccc1CCCC(=O)N[C@H](C)CO. The first-order chi connectivity index (χ1) is 14.7. The van der Waals surface area contributed by atoms with E-state index in [1.165, 1.54) is 36.8 Å². The zero-order valence-electron chi connectivity index (χ0n) is 19.0. The lowest BCUT2D eigenvalue weighted by atomic mass is 9.99. The number of aliphatic hydroxyl groups is 1. The second kappa shape index (κ2) is 17.7. The summed E-state index contributed by atoms with van der Waals surface area (Å²) in [4.78, 5) is 11.8. The van der Waals surface area contributed by atoms with Gasteiger partial charge in [-0.1, -0.05) is 80.5 Å². The van der Waals surface area contributed by atoms with Crippen LogP contribution in [0, 0.1) is 0 Å². The lowest BCUT2D eigenvalue weighted by Crippen LogP contribution is -2.34. The number of hydrogen-bond donors (Lipinski definition) is 2. The summed E-state index contributed by atoms with van der Waals surface area (Å²) in [5, 5.41) is 11.8. The van der Waals surface area contributed by atoms with Gasteiger partial charge in [-0.15, -0.1) is 0 Å². The molecule has 3 heteroatoms. The molecule has 0 aliphatic rings. The van der Waals surface area contributed by atoms with Crippen LogP contribution in [0.2, 0.25) is 0 Å². The van der Waals surface area contributed by atoms with Crippen molar-refractivity contribution < 1.29 is 9.90 Å². The fourth-order valence-corrected chi connectivity index (χ4v) is 3.21. The highest BCUT2D eigenvalue weighted by molar-refractivity contribution is 5.76. The smallest absolute Gasteiger partial charge is 0.220 e. The maximum absolute atomic E-state index is 11.8. The van der Waals surface area contributed by atoms with Gasteiger partial charge in [0.15, 0.2) is 0 Å². The Hall–Kier alpha value is -2.13. The molecule has 0 saturated heterocycles. The van der Waals surface area contributed by atoms with E-state index < -0.39 is 0 Å². The molecule has 0 aliphatic carbocycles. The average molecular weight is 412 g/mol. The molecule has 1 aromatic rings. The van der Waals surface area contributed by atoms with Crippen molar-refractivity contribution in [3.05, 3.63) is 71.8 Å². The molecule has 0 radical (unpaired) electrons. The van der Waals surface area contributed by atoms with Crippen LogP contribution in [-0.2, 0) is 17.6 Å². The number of carbonyl (C=O) groups is 1. The fourth-order valence-electron chi connectivity index (χ4n) is 3.21. The first-order valence-electron chi connectivity index (χ1n) is 11.6. The summed E-state index contributed by atoms with van der Waals surface area (Å²) in [6.45, 7) is 4.02. The van der Waals surface area contributed by atoms with Gasteiger partial charge in [0, 0.05) is 12.5 Å². The van der Waals surface area contributed by atoms with Crippen molar-refractivity contribution in [2.45, 2.75) is 84.1 Å². The second-order valence-electron chi connectivity index (χ2n) is 7.86. The third kappa shape index (κ3) is 13.2. The van der Waals surface area contributed by atoms with Crippen molar-refractivity contribution in [1.29, 1.82) is 0 Å². The van der Waals surface area contributed by atoms with Crippen molar-refractivity contribution in [3.8, 4) is 0 Å². The van der Waals surface area contributed by atoms with Gasteiger partial charge in [-0.2, -0.15) is 0 Å². The number of amides is 1. The average Bonchev–Trinajstić information content (AvgIpc) is 2.75. The van der Waals surface area contributed by atoms with Gasteiger partial charge in [0.1, 0.15) is 0 Å². The highest BCUT2D eigenvalue weighted by atomic mass is 16.3. The number of nitrogens with one attached hydrogen (secondary N) is 1. The van der Waals surface area contributed by atoms with E-state index in [1.54, 1.807) is 6.92 Å². The van der Waals surface area contributed by atoms with E-state index >= 15 is 0 Å². The molecular weight excluding hydrogens is 370 g/mol. The molecule has 30 heavy (non-hydrogen) atoms. The highest BCUT2D eigenvalue weighted by Gasteiger charge is 2.07. The Morgan fingerprint density at radius 3 is 2.33 bits per heavy atom. The summed E-state index contributed by atoms with van der Waals surface area (Å²) in [5.74, 6) is 0.0107. The number of carbonyl (C=O) groups excluding carboxylic acids is 1. The number of allylic oxidation sites excluding steroid dienone is 6. The van der Waals surface area contributed by atoms with E-state index in [0.717, 1.165) is 32.1 Å². The van der Waals surface area contributed by atoms with E-state index in [2.05, 4.69) is 73.0 Å². The highest BCUT2D eigenvalue weighted by Crippen LogP contribution is 2.13. The second-order valence-corrected chi connectivity index (χ2v) is 7.86. The zero-order chi connectivity index (χ0) is 21.9. The van der Waals surface area contributed by atoms with Crippen LogP contribution in [-0.4, -0.2) is 23.7 Å². The van der Waals surface area contributed by atoms with Gasteiger partial charge in [0.05, 0.1) is 6.61 Å². The summed E-state index contributed by atoms with van der Waals surface area (Å²) in [6.07, 6.45) is 23.7. The predicted molar refractivity (Wildman–Crippen MR) is 129 cm³/mol. The van der Waals surface area contributed by atoms with Gasteiger partial charge in [-0.05, 0) is 63.0 Å². The molecule has 1 aromatic carbocycles. The third-order valence-corrected chi connectivity index (χ3v) is 5.01. The molecule has 0 aromatic heterocycles.